The van der Waals surface area contributed by atoms with Crippen LogP contribution in [0.4, 0.5) is 5.82 Å². The Morgan fingerprint density at radius 1 is 1.53 bits per heavy atom. The number of rotatable bonds is 5. The van der Waals surface area contributed by atoms with Crippen molar-refractivity contribution in [3.05, 3.63) is 23.9 Å². The van der Waals surface area contributed by atoms with Crippen LogP contribution in [0, 0.1) is 0 Å². The van der Waals surface area contributed by atoms with Gasteiger partial charge in [0.05, 0.1) is 6.54 Å². The summed E-state index contributed by atoms with van der Waals surface area (Å²) in [7, 11) is 0. The lowest BCUT2D eigenvalue weighted by atomic mass is 10.2. The molecule has 1 aromatic heterocycles. The fraction of sp³-hybridized carbons (Fsp3) is 0.571. The van der Waals surface area contributed by atoms with Crippen LogP contribution in [0.2, 0.25) is 0 Å². The number of pyridine rings is 1. The summed E-state index contributed by atoms with van der Waals surface area (Å²) in [5.74, 6) is 1.01. The lowest BCUT2D eigenvalue weighted by molar-refractivity contribution is -0.119. The maximum atomic E-state index is 11.6. The predicted octanol–water partition coefficient (Wildman–Crippen LogP) is 0.907. The van der Waals surface area contributed by atoms with Crippen LogP contribution in [-0.2, 0) is 11.3 Å². The van der Waals surface area contributed by atoms with Crippen molar-refractivity contribution in [2.45, 2.75) is 26.3 Å². The van der Waals surface area contributed by atoms with Crippen molar-refractivity contribution in [1.29, 1.82) is 0 Å². The van der Waals surface area contributed by atoms with E-state index in [1.54, 1.807) is 6.20 Å². The Kier molecular flexibility index (Phi) is 5.15. The third kappa shape index (κ3) is 3.92. The standard InChI is InChI=1S/C14H22N4O/c1-2-6-15-10-12-5-3-7-17-14(12)18-9-4-8-16-13(19)11-18/h3,5,7,15H,2,4,6,8-11H2,1H3,(H,16,19). The Morgan fingerprint density at radius 3 is 3.26 bits per heavy atom. The average molecular weight is 262 g/mol. The molecule has 1 fully saturated rings. The number of hydrogen-bond donors (Lipinski definition) is 2. The minimum atomic E-state index is 0.0793. The maximum absolute atomic E-state index is 11.6. The first kappa shape index (κ1) is 13.8. The summed E-state index contributed by atoms with van der Waals surface area (Å²) in [6.45, 7) is 5.97. The molecule has 0 radical (unpaired) electrons. The van der Waals surface area contributed by atoms with Gasteiger partial charge in [-0.05, 0) is 25.5 Å². The summed E-state index contributed by atoms with van der Waals surface area (Å²) in [4.78, 5) is 18.2. The molecule has 0 spiro atoms. The van der Waals surface area contributed by atoms with E-state index in [0.717, 1.165) is 50.4 Å². The molecule has 0 aliphatic carbocycles. The van der Waals surface area contributed by atoms with Crippen LogP contribution in [-0.4, -0.2) is 37.1 Å². The highest BCUT2D eigenvalue weighted by atomic mass is 16.2. The predicted molar refractivity (Wildman–Crippen MR) is 76.1 cm³/mol. The van der Waals surface area contributed by atoms with Gasteiger partial charge in [-0.15, -0.1) is 0 Å². The topological polar surface area (TPSA) is 57.3 Å². The Bertz CT molecular complexity index is 422. The third-order valence-electron chi connectivity index (χ3n) is 3.17. The SMILES string of the molecule is CCCNCc1cccnc1N1CCCNC(=O)C1. The molecule has 1 aliphatic heterocycles. The molecule has 0 bridgehead atoms. The van der Waals surface area contributed by atoms with Crippen molar-refractivity contribution in [3.63, 3.8) is 0 Å². The monoisotopic (exact) mass is 262 g/mol. The molecule has 1 saturated heterocycles. The second-order valence-electron chi connectivity index (χ2n) is 4.79. The summed E-state index contributed by atoms with van der Waals surface area (Å²) >= 11 is 0. The first-order valence-electron chi connectivity index (χ1n) is 6.97. The molecule has 0 aromatic carbocycles. The first-order valence-corrected chi connectivity index (χ1v) is 6.97. The minimum Gasteiger partial charge on any atom is -0.354 e. The second kappa shape index (κ2) is 7.09. The zero-order valence-electron chi connectivity index (χ0n) is 11.5. The molecule has 0 atom stereocenters. The van der Waals surface area contributed by atoms with Crippen molar-refractivity contribution < 1.29 is 4.79 Å². The molecule has 2 heterocycles. The molecular formula is C14H22N4O. The molecule has 5 heteroatoms. The Hall–Kier alpha value is -1.62. The lowest BCUT2D eigenvalue weighted by Gasteiger charge is -2.23. The minimum absolute atomic E-state index is 0.0793. The molecule has 1 amide bonds. The van der Waals surface area contributed by atoms with Crippen LogP contribution in [0.1, 0.15) is 25.3 Å². The van der Waals surface area contributed by atoms with Gasteiger partial charge in [0.2, 0.25) is 5.91 Å². The molecule has 1 aliphatic rings. The van der Waals surface area contributed by atoms with E-state index in [-0.39, 0.29) is 5.91 Å². The van der Waals surface area contributed by atoms with Crippen LogP contribution < -0.4 is 15.5 Å². The Labute approximate surface area is 114 Å². The van der Waals surface area contributed by atoms with Crippen molar-refractivity contribution >= 4 is 11.7 Å². The molecule has 2 N–H and O–H groups in total. The van der Waals surface area contributed by atoms with Crippen LogP contribution in [0.15, 0.2) is 18.3 Å². The number of carbonyl (C=O) groups is 1. The Balaban J connectivity index is 2.10. The van der Waals surface area contributed by atoms with Gasteiger partial charge in [0.15, 0.2) is 0 Å². The summed E-state index contributed by atoms with van der Waals surface area (Å²) in [6.07, 6.45) is 3.87. The molecular weight excluding hydrogens is 240 g/mol. The molecule has 1 aromatic rings. The number of aromatic nitrogens is 1. The van der Waals surface area contributed by atoms with E-state index in [1.165, 1.54) is 0 Å². The summed E-state index contributed by atoms with van der Waals surface area (Å²) in [5.41, 5.74) is 1.16. The smallest absolute Gasteiger partial charge is 0.239 e. The number of hydrogen-bond acceptors (Lipinski definition) is 4. The molecule has 0 saturated carbocycles. The van der Waals surface area contributed by atoms with Crippen molar-refractivity contribution in [3.8, 4) is 0 Å². The molecule has 5 nitrogen and oxygen atoms in total. The number of anilines is 1. The summed E-state index contributed by atoms with van der Waals surface area (Å²) in [6, 6.07) is 4.03. The highest BCUT2D eigenvalue weighted by Gasteiger charge is 2.18. The zero-order chi connectivity index (χ0) is 13.5. The quantitative estimate of drug-likeness (QED) is 0.774. The zero-order valence-corrected chi connectivity index (χ0v) is 11.5. The van der Waals surface area contributed by atoms with Gasteiger partial charge in [0.1, 0.15) is 5.82 Å². The van der Waals surface area contributed by atoms with E-state index in [4.69, 9.17) is 0 Å². The maximum Gasteiger partial charge on any atom is 0.239 e. The third-order valence-corrected chi connectivity index (χ3v) is 3.17. The number of carbonyl (C=O) groups excluding carboxylic acids is 1. The Morgan fingerprint density at radius 2 is 2.42 bits per heavy atom. The van der Waals surface area contributed by atoms with E-state index in [1.807, 2.05) is 6.07 Å². The molecule has 19 heavy (non-hydrogen) atoms. The van der Waals surface area contributed by atoms with Gasteiger partial charge < -0.3 is 15.5 Å². The van der Waals surface area contributed by atoms with Crippen LogP contribution in [0.25, 0.3) is 0 Å². The lowest BCUT2D eigenvalue weighted by Crippen LogP contribution is -2.34. The van der Waals surface area contributed by atoms with E-state index < -0.39 is 0 Å². The van der Waals surface area contributed by atoms with Gasteiger partial charge in [0.25, 0.3) is 0 Å². The summed E-state index contributed by atoms with van der Waals surface area (Å²) in [5, 5.41) is 6.28. The molecule has 2 rings (SSSR count). The number of nitrogens with zero attached hydrogens (tertiary/aromatic N) is 2. The van der Waals surface area contributed by atoms with Gasteiger partial charge in [-0.3, -0.25) is 4.79 Å². The number of nitrogens with one attached hydrogen (secondary N) is 2. The highest BCUT2D eigenvalue weighted by Crippen LogP contribution is 2.18. The van der Waals surface area contributed by atoms with Gasteiger partial charge >= 0.3 is 0 Å². The second-order valence-corrected chi connectivity index (χ2v) is 4.79. The first-order chi connectivity index (χ1) is 9.31. The highest BCUT2D eigenvalue weighted by molar-refractivity contribution is 5.81. The molecule has 104 valence electrons. The fourth-order valence-electron chi connectivity index (χ4n) is 2.24. The fourth-order valence-corrected chi connectivity index (χ4v) is 2.24. The van der Waals surface area contributed by atoms with Gasteiger partial charge in [-0.1, -0.05) is 13.0 Å². The van der Waals surface area contributed by atoms with E-state index >= 15 is 0 Å². The van der Waals surface area contributed by atoms with Crippen molar-refractivity contribution in [2.75, 3.05) is 31.1 Å². The van der Waals surface area contributed by atoms with Crippen molar-refractivity contribution in [1.82, 2.24) is 15.6 Å². The van der Waals surface area contributed by atoms with Gasteiger partial charge in [0, 0.05) is 31.4 Å². The van der Waals surface area contributed by atoms with Crippen LogP contribution >= 0.6 is 0 Å². The molecule has 0 unspecified atom stereocenters. The van der Waals surface area contributed by atoms with Gasteiger partial charge in [-0.25, -0.2) is 4.98 Å². The number of amides is 1. The largest absolute Gasteiger partial charge is 0.354 e. The normalized spacial score (nSPS) is 16.1. The van der Waals surface area contributed by atoms with Crippen molar-refractivity contribution in [2.24, 2.45) is 0 Å². The van der Waals surface area contributed by atoms with Gasteiger partial charge in [-0.2, -0.15) is 0 Å². The van der Waals surface area contributed by atoms with E-state index in [0.29, 0.717) is 6.54 Å². The van der Waals surface area contributed by atoms with Crippen LogP contribution in [0.3, 0.4) is 0 Å². The van der Waals surface area contributed by atoms with E-state index in [2.05, 4.69) is 33.5 Å². The summed E-state index contributed by atoms with van der Waals surface area (Å²) < 4.78 is 0. The average Bonchev–Trinajstić information content (AvgIpc) is 2.64. The van der Waals surface area contributed by atoms with E-state index in [9.17, 15) is 4.79 Å². The van der Waals surface area contributed by atoms with Crippen LogP contribution in [0.5, 0.6) is 0 Å².